The van der Waals surface area contributed by atoms with Crippen LogP contribution in [0.25, 0.3) is 0 Å². The Morgan fingerprint density at radius 2 is 2.17 bits per heavy atom. The largest absolute Gasteiger partial charge is 0.337 e. The molecule has 0 spiro atoms. The van der Waals surface area contributed by atoms with Gasteiger partial charge >= 0.3 is 0 Å². The maximum atomic E-state index is 10.2. The smallest absolute Gasteiger partial charge is 0.140 e. The molecule has 0 aromatic carbocycles. The van der Waals surface area contributed by atoms with Crippen molar-refractivity contribution in [3.63, 3.8) is 0 Å². The molecule has 0 bridgehead atoms. The van der Waals surface area contributed by atoms with E-state index >= 15 is 0 Å². The minimum absolute atomic E-state index is 0.296. The van der Waals surface area contributed by atoms with Crippen molar-refractivity contribution >= 4 is 10.7 Å². The topological polar surface area (TPSA) is 52.0 Å². The molecule has 0 aliphatic heterocycles. The molecule has 0 unspecified atom stereocenters. The van der Waals surface area contributed by atoms with Gasteiger partial charge in [0.15, 0.2) is 0 Å². The van der Waals surface area contributed by atoms with Gasteiger partial charge in [-0.2, -0.15) is 0 Å². The number of thiol groups is 1. The molecule has 0 aliphatic rings. The molecule has 1 aromatic heterocycles. The van der Waals surface area contributed by atoms with Crippen molar-refractivity contribution < 1.29 is 8.42 Å². The summed E-state index contributed by atoms with van der Waals surface area (Å²) >= 11 is 0. The Kier molecular flexibility index (Phi) is 3.79. The van der Waals surface area contributed by atoms with Crippen LogP contribution in [0, 0.1) is 0 Å². The van der Waals surface area contributed by atoms with Gasteiger partial charge in [-0.05, 0) is 12.8 Å². The fourth-order valence-corrected chi connectivity index (χ4v) is 1.44. The van der Waals surface area contributed by atoms with Crippen LogP contribution in [0.4, 0.5) is 0 Å². The number of aryl methyl sites for hydroxylation is 1. The second-order valence-corrected chi connectivity index (χ2v) is 3.68. The van der Waals surface area contributed by atoms with Crippen LogP contribution >= 0.6 is 0 Å². The van der Waals surface area contributed by atoms with E-state index in [-0.39, 0.29) is 0 Å². The van der Waals surface area contributed by atoms with Crippen LogP contribution in [-0.2, 0) is 17.2 Å². The molecule has 5 heteroatoms. The Labute approximate surface area is 73.2 Å². The first kappa shape index (κ1) is 9.25. The second-order valence-electron chi connectivity index (χ2n) is 2.56. The zero-order valence-corrected chi connectivity index (χ0v) is 7.61. The maximum absolute atomic E-state index is 10.2. The average molecular weight is 188 g/mol. The number of aromatic nitrogens is 2. The van der Waals surface area contributed by atoms with E-state index in [1.807, 2.05) is 10.8 Å². The molecule has 0 radical (unpaired) electrons. The van der Waals surface area contributed by atoms with Crippen molar-refractivity contribution in [2.75, 3.05) is 5.75 Å². The predicted molar refractivity (Wildman–Crippen MR) is 46.6 cm³/mol. The molecule has 12 heavy (non-hydrogen) atoms. The Morgan fingerprint density at radius 3 is 2.75 bits per heavy atom. The molecule has 1 heterocycles. The number of unbranched alkanes of at least 4 members (excludes halogenated alkanes) is 1. The van der Waals surface area contributed by atoms with Crippen LogP contribution in [-0.4, -0.2) is 23.7 Å². The summed E-state index contributed by atoms with van der Waals surface area (Å²) in [6.45, 7) is 0.850. The molecule has 0 saturated heterocycles. The molecule has 68 valence electrons. The summed E-state index contributed by atoms with van der Waals surface area (Å²) in [5, 5.41) is 0. The minimum atomic E-state index is -2.19. The molecule has 0 saturated carbocycles. The van der Waals surface area contributed by atoms with E-state index < -0.39 is 10.7 Å². The summed E-state index contributed by atoms with van der Waals surface area (Å²) in [5.41, 5.74) is 0. The molecular formula is C7H12N2O2S. The number of hydrogen-bond acceptors (Lipinski definition) is 3. The Morgan fingerprint density at radius 1 is 1.33 bits per heavy atom. The molecule has 0 amide bonds. The number of rotatable bonds is 5. The van der Waals surface area contributed by atoms with Gasteiger partial charge < -0.3 is 4.57 Å². The van der Waals surface area contributed by atoms with E-state index in [4.69, 9.17) is 0 Å². The Bertz CT molecular complexity index is 272. The fourth-order valence-electron chi connectivity index (χ4n) is 0.954. The van der Waals surface area contributed by atoms with Crippen molar-refractivity contribution in [1.82, 2.24) is 9.55 Å². The summed E-state index contributed by atoms with van der Waals surface area (Å²) in [4.78, 5) is 3.88. The number of hydrogen-bond donors (Lipinski definition) is 1. The van der Waals surface area contributed by atoms with Crippen molar-refractivity contribution in [3.8, 4) is 0 Å². The number of imidazole rings is 1. The zero-order chi connectivity index (χ0) is 8.81. The second kappa shape index (κ2) is 4.92. The summed E-state index contributed by atoms with van der Waals surface area (Å²) in [7, 11) is -2.19. The third-order valence-electron chi connectivity index (χ3n) is 1.57. The molecule has 0 aliphatic carbocycles. The van der Waals surface area contributed by atoms with Crippen LogP contribution in [0.3, 0.4) is 0 Å². The molecular weight excluding hydrogens is 176 g/mol. The van der Waals surface area contributed by atoms with Gasteiger partial charge in [-0.1, -0.05) is 0 Å². The van der Waals surface area contributed by atoms with E-state index in [1.54, 1.807) is 12.5 Å². The summed E-state index contributed by atoms with van der Waals surface area (Å²) in [6.07, 6.45) is 6.94. The monoisotopic (exact) mass is 188 g/mol. The van der Waals surface area contributed by atoms with Gasteiger partial charge in [-0.15, -0.1) is 0 Å². The highest BCUT2D eigenvalue weighted by Crippen LogP contribution is 1.94. The highest BCUT2D eigenvalue weighted by atomic mass is 32.2. The lowest BCUT2D eigenvalue weighted by molar-refractivity contribution is 0.598. The Balaban J connectivity index is 2.11. The average Bonchev–Trinajstić information content (AvgIpc) is 2.49. The van der Waals surface area contributed by atoms with E-state index in [9.17, 15) is 8.42 Å². The van der Waals surface area contributed by atoms with Crippen LogP contribution in [0.5, 0.6) is 0 Å². The molecule has 0 atom stereocenters. The Hall–Kier alpha value is -0.840. The van der Waals surface area contributed by atoms with E-state index in [2.05, 4.69) is 4.98 Å². The van der Waals surface area contributed by atoms with Gasteiger partial charge in [0.1, 0.15) is 10.7 Å². The van der Waals surface area contributed by atoms with Gasteiger partial charge in [-0.25, -0.2) is 13.4 Å². The van der Waals surface area contributed by atoms with Crippen LogP contribution in [0.1, 0.15) is 12.8 Å². The van der Waals surface area contributed by atoms with E-state index in [0.29, 0.717) is 5.75 Å². The third-order valence-corrected chi connectivity index (χ3v) is 2.25. The van der Waals surface area contributed by atoms with Gasteiger partial charge in [-0.3, -0.25) is 0 Å². The first-order chi connectivity index (χ1) is 5.79. The highest BCUT2D eigenvalue weighted by Gasteiger charge is 1.91. The van der Waals surface area contributed by atoms with Gasteiger partial charge in [0.25, 0.3) is 0 Å². The normalized spacial score (nSPS) is 10.8. The van der Waals surface area contributed by atoms with Crippen molar-refractivity contribution in [2.45, 2.75) is 19.4 Å². The van der Waals surface area contributed by atoms with Gasteiger partial charge in [0.05, 0.1) is 6.33 Å². The van der Waals surface area contributed by atoms with Crippen LogP contribution in [0.15, 0.2) is 18.7 Å². The molecule has 0 N–H and O–H groups in total. The lowest BCUT2D eigenvalue weighted by Gasteiger charge is -1.98. The summed E-state index contributed by atoms with van der Waals surface area (Å²) in [5.74, 6) is 0.296. The van der Waals surface area contributed by atoms with Crippen molar-refractivity contribution in [3.05, 3.63) is 18.7 Å². The first-order valence-corrected chi connectivity index (χ1v) is 5.23. The van der Waals surface area contributed by atoms with Gasteiger partial charge in [0.2, 0.25) is 0 Å². The first-order valence-electron chi connectivity index (χ1n) is 3.86. The van der Waals surface area contributed by atoms with Gasteiger partial charge in [0, 0.05) is 24.7 Å². The zero-order valence-electron chi connectivity index (χ0n) is 6.72. The van der Waals surface area contributed by atoms with Crippen molar-refractivity contribution in [2.24, 2.45) is 0 Å². The molecule has 0 fully saturated rings. The highest BCUT2D eigenvalue weighted by molar-refractivity contribution is 7.72. The fraction of sp³-hybridized carbons (Fsp3) is 0.571. The lowest BCUT2D eigenvalue weighted by atomic mass is 10.3. The number of nitrogens with zero attached hydrogens (tertiary/aromatic N) is 2. The minimum Gasteiger partial charge on any atom is -0.337 e. The summed E-state index contributed by atoms with van der Waals surface area (Å²) < 4.78 is 22.3. The predicted octanol–water partition coefficient (Wildman–Crippen LogP) is 0.275. The molecule has 1 rings (SSSR count). The molecule has 1 aromatic rings. The van der Waals surface area contributed by atoms with E-state index in [1.165, 1.54) is 0 Å². The quantitative estimate of drug-likeness (QED) is 0.533. The standard InChI is InChI=1S/C7H12N2O2S/c10-12(11)6-2-1-4-9-5-3-8-7-9/h3,5,7,12H,1-2,4,6H2. The third kappa shape index (κ3) is 3.52. The van der Waals surface area contributed by atoms with Crippen molar-refractivity contribution in [1.29, 1.82) is 0 Å². The SMILES string of the molecule is O=[SH](=O)CCCCn1ccnc1. The van der Waals surface area contributed by atoms with Crippen LogP contribution in [0.2, 0.25) is 0 Å². The molecule has 4 nitrogen and oxygen atoms in total. The van der Waals surface area contributed by atoms with Crippen LogP contribution < -0.4 is 0 Å². The lowest BCUT2D eigenvalue weighted by Crippen LogP contribution is -1.96. The maximum Gasteiger partial charge on any atom is 0.140 e. The summed E-state index contributed by atoms with van der Waals surface area (Å²) in [6, 6.07) is 0. The van der Waals surface area contributed by atoms with E-state index in [0.717, 1.165) is 19.4 Å².